The molecule has 0 saturated heterocycles. The Kier molecular flexibility index (Phi) is 6.31. The first-order valence-corrected chi connectivity index (χ1v) is 9.30. The molecule has 2 rings (SSSR count). The molecule has 0 saturated carbocycles. The highest BCUT2D eigenvalue weighted by Gasteiger charge is 2.36. The molecule has 0 aliphatic carbocycles. The van der Waals surface area contributed by atoms with E-state index in [-0.39, 0.29) is 0 Å². The number of hydrogen-bond acceptors (Lipinski definition) is 3. The monoisotopic (exact) mass is 368 g/mol. The lowest BCUT2D eigenvalue weighted by Gasteiger charge is -2.22. The van der Waals surface area contributed by atoms with Crippen LogP contribution in [0.4, 0.5) is 0 Å². The van der Waals surface area contributed by atoms with E-state index < -0.39 is 31.0 Å². The Morgan fingerprint density at radius 3 is 1.58 bits per heavy atom. The fraction of sp³-hybridized carbons (Fsp3) is 0.125. The predicted molar refractivity (Wildman–Crippen MR) is 96.4 cm³/mol. The lowest BCUT2D eigenvalue weighted by molar-refractivity contribution is -0.130. The molecule has 9 nitrogen and oxygen atoms in total. The smallest absolute Gasteiger partial charge is 0.230 e. The van der Waals surface area contributed by atoms with Crippen LogP contribution in [0.25, 0.3) is 20.9 Å². The summed E-state index contributed by atoms with van der Waals surface area (Å²) in [5.41, 5.74) is 17.0. The van der Waals surface area contributed by atoms with Gasteiger partial charge in [-0.3, -0.25) is 9.59 Å². The summed E-state index contributed by atoms with van der Waals surface area (Å²) in [6.07, 6.45) is -0.448. The van der Waals surface area contributed by atoms with E-state index >= 15 is 0 Å². The quantitative estimate of drug-likeness (QED) is 0.253. The minimum Gasteiger partial charge on any atom is -0.314 e. The van der Waals surface area contributed by atoms with Gasteiger partial charge in [-0.2, -0.15) is 0 Å². The number of azide groups is 2. The molecule has 0 aliphatic rings. The van der Waals surface area contributed by atoms with Gasteiger partial charge < -0.3 is 4.57 Å². The average Bonchev–Trinajstić information content (AvgIpc) is 2.67. The van der Waals surface area contributed by atoms with Crippen LogP contribution in [0.1, 0.15) is 0 Å². The van der Waals surface area contributed by atoms with Crippen molar-refractivity contribution in [1.82, 2.24) is 0 Å². The zero-order valence-electron chi connectivity index (χ0n) is 13.4. The number of carbonyl (C=O) groups is 2. The molecule has 0 heterocycles. The summed E-state index contributed by atoms with van der Waals surface area (Å²) in [6, 6.07) is 16.7. The number of benzene rings is 2. The molecule has 0 radical (unpaired) electrons. The Labute approximate surface area is 148 Å². The van der Waals surface area contributed by atoms with Crippen molar-refractivity contribution in [3.05, 3.63) is 81.5 Å². The van der Waals surface area contributed by atoms with Crippen molar-refractivity contribution in [2.75, 3.05) is 6.16 Å². The number of hydrogen-bond donors (Lipinski definition) is 0. The summed E-state index contributed by atoms with van der Waals surface area (Å²) in [5, 5.41) is 6.69. The molecule has 0 bridgehead atoms. The van der Waals surface area contributed by atoms with Crippen molar-refractivity contribution in [2.24, 2.45) is 16.1 Å². The van der Waals surface area contributed by atoms with Crippen LogP contribution < -0.4 is 10.6 Å². The van der Waals surface area contributed by atoms with E-state index in [1.165, 1.54) is 0 Å². The zero-order chi connectivity index (χ0) is 19.0. The third kappa shape index (κ3) is 4.18. The van der Waals surface area contributed by atoms with Gasteiger partial charge >= 0.3 is 0 Å². The molecule has 2 aromatic rings. The van der Waals surface area contributed by atoms with Gasteiger partial charge in [-0.1, -0.05) is 60.7 Å². The van der Waals surface area contributed by atoms with Gasteiger partial charge in [-0.15, -0.1) is 0 Å². The molecule has 0 N–H and O–H groups in total. The fourth-order valence-electron chi connectivity index (χ4n) is 2.44. The fourth-order valence-corrected chi connectivity index (χ4v) is 5.30. The van der Waals surface area contributed by atoms with E-state index in [0.717, 1.165) is 0 Å². The van der Waals surface area contributed by atoms with Crippen LogP contribution in [0.2, 0.25) is 0 Å². The molecule has 2 amide bonds. The van der Waals surface area contributed by atoms with Gasteiger partial charge in [0.05, 0.1) is 5.92 Å². The Bertz CT molecular complexity index is 877. The van der Waals surface area contributed by atoms with Gasteiger partial charge in [0, 0.05) is 26.6 Å². The number of nitrogens with zero attached hydrogens (tertiary/aromatic N) is 6. The largest absolute Gasteiger partial charge is 0.314 e. The van der Waals surface area contributed by atoms with E-state index in [2.05, 4.69) is 20.1 Å². The van der Waals surface area contributed by atoms with E-state index in [4.69, 9.17) is 11.1 Å². The van der Waals surface area contributed by atoms with Gasteiger partial charge in [0.1, 0.15) is 7.14 Å². The molecular formula is C16H13N6O3P. The van der Waals surface area contributed by atoms with Crippen LogP contribution in [0, 0.1) is 5.92 Å². The van der Waals surface area contributed by atoms with Crippen LogP contribution in [0.3, 0.4) is 0 Å². The van der Waals surface area contributed by atoms with Gasteiger partial charge in [-0.25, -0.2) is 0 Å². The molecule has 0 aromatic heterocycles. The Morgan fingerprint density at radius 2 is 1.23 bits per heavy atom. The normalized spacial score (nSPS) is 11.5. The minimum absolute atomic E-state index is 0.429. The lowest BCUT2D eigenvalue weighted by Crippen LogP contribution is -2.30. The van der Waals surface area contributed by atoms with E-state index in [1.54, 1.807) is 60.7 Å². The highest BCUT2D eigenvalue weighted by atomic mass is 31.2. The average molecular weight is 368 g/mol. The van der Waals surface area contributed by atoms with Gasteiger partial charge in [0.2, 0.25) is 11.8 Å². The molecule has 0 aliphatic heterocycles. The summed E-state index contributed by atoms with van der Waals surface area (Å²) < 4.78 is 13.9. The van der Waals surface area contributed by atoms with E-state index in [1.807, 2.05) is 0 Å². The third-order valence-electron chi connectivity index (χ3n) is 3.67. The van der Waals surface area contributed by atoms with Gasteiger partial charge in [-0.05, 0) is 21.3 Å². The summed E-state index contributed by atoms with van der Waals surface area (Å²) in [5.74, 6) is -3.91. The van der Waals surface area contributed by atoms with Crippen molar-refractivity contribution < 1.29 is 14.2 Å². The van der Waals surface area contributed by atoms with Crippen molar-refractivity contribution in [3.8, 4) is 0 Å². The summed E-state index contributed by atoms with van der Waals surface area (Å²) in [4.78, 5) is 28.9. The SMILES string of the molecule is [N-]=[N+]=NC(=O)C(CP(=O)(c1ccccc1)c1ccccc1)C(=O)N=[N+]=[N-]. The number of rotatable bonds is 6. The molecule has 10 heteroatoms. The molecule has 0 fully saturated rings. The minimum atomic E-state index is -3.44. The van der Waals surface area contributed by atoms with Gasteiger partial charge in [0.15, 0.2) is 0 Å². The topological polar surface area (TPSA) is 149 Å². The maximum atomic E-state index is 13.9. The first-order chi connectivity index (χ1) is 12.5. The van der Waals surface area contributed by atoms with Crippen LogP contribution in [-0.4, -0.2) is 18.0 Å². The molecule has 0 atom stereocenters. The van der Waals surface area contributed by atoms with E-state index in [0.29, 0.717) is 10.6 Å². The van der Waals surface area contributed by atoms with Crippen molar-refractivity contribution in [2.45, 2.75) is 0 Å². The maximum absolute atomic E-state index is 13.9. The summed E-state index contributed by atoms with van der Waals surface area (Å²) in [7, 11) is -3.44. The van der Waals surface area contributed by atoms with Crippen LogP contribution in [0.15, 0.2) is 70.9 Å². The molecular weight excluding hydrogens is 355 g/mol. The van der Waals surface area contributed by atoms with Gasteiger partial charge in [0.25, 0.3) is 0 Å². The first kappa shape index (κ1) is 19.0. The maximum Gasteiger partial charge on any atom is 0.230 e. The molecule has 130 valence electrons. The van der Waals surface area contributed by atoms with Crippen molar-refractivity contribution in [3.63, 3.8) is 0 Å². The highest BCUT2D eigenvalue weighted by molar-refractivity contribution is 7.78. The van der Waals surface area contributed by atoms with Crippen LogP contribution in [-0.2, 0) is 14.2 Å². The first-order valence-electron chi connectivity index (χ1n) is 7.41. The third-order valence-corrected chi connectivity index (χ3v) is 6.81. The second-order valence-corrected chi connectivity index (χ2v) is 8.08. The standard InChI is InChI=1S/C16H13N6O3P/c17-21-19-15(23)14(16(24)20-22-18)11-26(25,12-7-3-1-4-8-12)13-9-5-2-6-10-13/h1-10,14H,11H2. The molecule has 0 spiro atoms. The number of carbonyl (C=O) groups excluding carboxylic acids is 2. The predicted octanol–water partition coefficient (Wildman–Crippen LogP) is 3.29. The van der Waals surface area contributed by atoms with E-state index in [9.17, 15) is 14.2 Å². The Hall–Kier alpha value is -3.37. The highest BCUT2D eigenvalue weighted by Crippen LogP contribution is 2.45. The van der Waals surface area contributed by atoms with Crippen LogP contribution in [0.5, 0.6) is 0 Å². The Balaban J connectivity index is 2.59. The second-order valence-electron chi connectivity index (χ2n) is 5.20. The second kappa shape index (κ2) is 8.65. The molecule has 0 unspecified atom stereocenters. The summed E-state index contributed by atoms with van der Waals surface area (Å²) in [6.45, 7) is 0. The lowest BCUT2D eigenvalue weighted by atomic mass is 10.1. The zero-order valence-corrected chi connectivity index (χ0v) is 14.3. The number of amides is 2. The van der Waals surface area contributed by atoms with Crippen molar-refractivity contribution in [1.29, 1.82) is 0 Å². The molecule has 26 heavy (non-hydrogen) atoms. The van der Waals surface area contributed by atoms with Crippen molar-refractivity contribution >= 4 is 29.6 Å². The molecule has 2 aromatic carbocycles. The van der Waals surface area contributed by atoms with Crippen LogP contribution >= 0.6 is 7.14 Å². The summed E-state index contributed by atoms with van der Waals surface area (Å²) >= 11 is 0. The Morgan fingerprint density at radius 1 is 0.846 bits per heavy atom.